The number of hydrogen-bond acceptors (Lipinski definition) is 4. The van der Waals surface area contributed by atoms with Crippen molar-refractivity contribution < 1.29 is 9.31 Å². The molecule has 0 radical (unpaired) electrons. The van der Waals surface area contributed by atoms with Crippen LogP contribution in [0.1, 0.15) is 13.3 Å². The molecule has 6 heteroatoms. The SMILES string of the molecule is CCN(CCC#N)c1cc(F)ccc1[N+](=O)[O-]. The second-order valence-electron chi connectivity index (χ2n) is 3.38. The zero-order chi connectivity index (χ0) is 12.8. The molecule has 0 heterocycles. The van der Waals surface area contributed by atoms with Gasteiger partial charge in [-0.15, -0.1) is 0 Å². The summed E-state index contributed by atoms with van der Waals surface area (Å²) in [4.78, 5) is 11.9. The molecule has 90 valence electrons. The molecule has 0 aromatic heterocycles. The van der Waals surface area contributed by atoms with Gasteiger partial charge in [-0.2, -0.15) is 5.26 Å². The zero-order valence-electron chi connectivity index (χ0n) is 9.39. The average Bonchev–Trinajstić information content (AvgIpc) is 2.29. The molecule has 0 bridgehead atoms. The van der Waals surface area contributed by atoms with Crippen LogP contribution in [0.25, 0.3) is 0 Å². The lowest BCUT2D eigenvalue weighted by molar-refractivity contribution is -0.384. The van der Waals surface area contributed by atoms with Crippen LogP contribution in [0, 0.1) is 27.3 Å². The Balaban J connectivity index is 3.12. The Morgan fingerprint density at radius 3 is 2.82 bits per heavy atom. The number of nitro groups is 1. The molecule has 1 rings (SSSR count). The molecule has 0 aliphatic heterocycles. The second kappa shape index (κ2) is 5.80. The van der Waals surface area contributed by atoms with Crippen molar-refractivity contribution in [3.05, 3.63) is 34.1 Å². The molecule has 1 aromatic carbocycles. The maximum atomic E-state index is 13.1. The number of anilines is 1. The van der Waals surface area contributed by atoms with Gasteiger partial charge >= 0.3 is 0 Å². The van der Waals surface area contributed by atoms with Gasteiger partial charge in [0.25, 0.3) is 5.69 Å². The van der Waals surface area contributed by atoms with Crippen LogP contribution in [0.15, 0.2) is 18.2 Å². The van der Waals surface area contributed by atoms with Gasteiger partial charge in [0.1, 0.15) is 11.5 Å². The number of nitro benzene ring substituents is 1. The van der Waals surface area contributed by atoms with Gasteiger partial charge in [-0.3, -0.25) is 10.1 Å². The van der Waals surface area contributed by atoms with E-state index in [4.69, 9.17) is 5.26 Å². The van der Waals surface area contributed by atoms with E-state index in [2.05, 4.69) is 0 Å². The van der Waals surface area contributed by atoms with Crippen molar-refractivity contribution in [2.45, 2.75) is 13.3 Å². The highest BCUT2D eigenvalue weighted by molar-refractivity contribution is 5.63. The van der Waals surface area contributed by atoms with Crippen LogP contribution in [-0.4, -0.2) is 18.0 Å². The first-order valence-corrected chi connectivity index (χ1v) is 5.16. The lowest BCUT2D eigenvalue weighted by Crippen LogP contribution is -2.24. The third kappa shape index (κ3) is 3.14. The molecule has 0 amide bonds. The topological polar surface area (TPSA) is 70.2 Å². The molecule has 0 saturated carbocycles. The summed E-state index contributed by atoms with van der Waals surface area (Å²) in [6.45, 7) is 2.62. The van der Waals surface area contributed by atoms with Crippen LogP contribution in [-0.2, 0) is 0 Å². The van der Waals surface area contributed by atoms with Crippen molar-refractivity contribution in [2.75, 3.05) is 18.0 Å². The molecule has 0 N–H and O–H groups in total. The molecule has 17 heavy (non-hydrogen) atoms. The van der Waals surface area contributed by atoms with Gasteiger partial charge in [-0.25, -0.2) is 4.39 Å². The molecule has 0 atom stereocenters. The van der Waals surface area contributed by atoms with E-state index in [9.17, 15) is 14.5 Å². The van der Waals surface area contributed by atoms with Crippen LogP contribution in [0.3, 0.4) is 0 Å². The maximum absolute atomic E-state index is 13.1. The Bertz CT molecular complexity index is 457. The summed E-state index contributed by atoms with van der Waals surface area (Å²) < 4.78 is 13.1. The summed E-state index contributed by atoms with van der Waals surface area (Å²) in [7, 11) is 0. The number of rotatable bonds is 5. The fraction of sp³-hybridized carbons (Fsp3) is 0.364. The van der Waals surface area contributed by atoms with Gasteiger partial charge in [0.05, 0.1) is 17.4 Å². The summed E-state index contributed by atoms with van der Waals surface area (Å²) in [5.41, 5.74) is 0.0685. The van der Waals surface area contributed by atoms with Crippen molar-refractivity contribution >= 4 is 11.4 Å². The number of hydrogen-bond donors (Lipinski definition) is 0. The predicted molar refractivity (Wildman–Crippen MR) is 61.2 cm³/mol. The van der Waals surface area contributed by atoms with Crippen LogP contribution < -0.4 is 4.90 Å². The summed E-state index contributed by atoms with van der Waals surface area (Å²) in [6, 6.07) is 5.28. The van der Waals surface area contributed by atoms with E-state index in [0.717, 1.165) is 18.2 Å². The normalized spacial score (nSPS) is 9.71. The first-order valence-electron chi connectivity index (χ1n) is 5.16. The van der Waals surface area contributed by atoms with E-state index in [1.165, 1.54) is 0 Å². The van der Waals surface area contributed by atoms with Gasteiger partial charge in [-0.1, -0.05) is 0 Å². The van der Waals surface area contributed by atoms with Crippen LogP contribution in [0.4, 0.5) is 15.8 Å². The Morgan fingerprint density at radius 2 is 2.29 bits per heavy atom. The smallest absolute Gasteiger partial charge is 0.292 e. The standard InChI is InChI=1S/C11H12FN3O2/c1-2-14(7-3-6-13)11-8-9(12)4-5-10(11)15(16)17/h4-5,8H,2-3,7H2,1H3. The minimum absolute atomic E-state index is 0.147. The molecule has 0 unspecified atom stereocenters. The monoisotopic (exact) mass is 237 g/mol. The van der Waals surface area contributed by atoms with E-state index >= 15 is 0 Å². The lowest BCUT2D eigenvalue weighted by atomic mass is 10.2. The minimum atomic E-state index is -0.552. The van der Waals surface area contributed by atoms with E-state index in [1.807, 2.05) is 6.07 Å². The van der Waals surface area contributed by atoms with Crippen LogP contribution >= 0.6 is 0 Å². The predicted octanol–water partition coefficient (Wildman–Crippen LogP) is 2.47. The van der Waals surface area contributed by atoms with Gasteiger partial charge in [0.2, 0.25) is 0 Å². The van der Waals surface area contributed by atoms with E-state index < -0.39 is 10.7 Å². The fourth-order valence-electron chi connectivity index (χ4n) is 1.54. The first-order chi connectivity index (χ1) is 8.10. The fourth-order valence-corrected chi connectivity index (χ4v) is 1.54. The number of nitriles is 1. The van der Waals surface area contributed by atoms with Crippen LogP contribution in [0.2, 0.25) is 0 Å². The number of halogens is 1. The summed E-state index contributed by atoms with van der Waals surface area (Å²) >= 11 is 0. The quantitative estimate of drug-likeness (QED) is 0.582. The summed E-state index contributed by atoms with van der Waals surface area (Å²) in [6.07, 6.45) is 0.238. The molecule has 1 aromatic rings. The largest absolute Gasteiger partial charge is 0.365 e. The molecular weight excluding hydrogens is 225 g/mol. The Morgan fingerprint density at radius 1 is 1.59 bits per heavy atom. The van der Waals surface area contributed by atoms with E-state index in [0.29, 0.717) is 13.1 Å². The average molecular weight is 237 g/mol. The first kappa shape index (κ1) is 12.9. The molecule has 0 fully saturated rings. The van der Waals surface area contributed by atoms with Crippen molar-refractivity contribution in [1.82, 2.24) is 0 Å². The maximum Gasteiger partial charge on any atom is 0.292 e. The molecule has 0 spiro atoms. The third-order valence-electron chi connectivity index (χ3n) is 2.35. The van der Waals surface area contributed by atoms with E-state index in [1.54, 1.807) is 11.8 Å². The highest BCUT2D eigenvalue weighted by Gasteiger charge is 2.18. The van der Waals surface area contributed by atoms with Crippen molar-refractivity contribution in [1.29, 1.82) is 5.26 Å². The van der Waals surface area contributed by atoms with Crippen molar-refractivity contribution in [3.63, 3.8) is 0 Å². The highest BCUT2D eigenvalue weighted by atomic mass is 19.1. The lowest BCUT2D eigenvalue weighted by Gasteiger charge is -2.21. The van der Waals surface area contributed by atoms with Gasteiger partial charge in [0.15, 0.2) is 0 Å². The van der Waals surface area contributed by atoms with E-state index in [-0.39, 0.29) is 17.8 Å². The van der Waals surface area contributed by atoms with Crippen LogP contribution in [0.5, 0.6) is 0 Å². The highest BCUT2D eigenvalue weighted by Crippen LogP contribution is 2.28. The van der Waals surface area contributed by atoms with Crippen molar-refractivity contribution in [2.24, 2.45) is 0 Å². The summed E-state index contributed by atoms with van der Waals surface area (Å²) in [5, 5.41) is 19.3. The Kier molecular flexibility index (Phi) is 4.40. The number of nitrogens with zero attached hydrogens (tertiary/aromatic N) is 3. The van der Waals surface area contributed by atoms with Gasteiger partial charge in [0, 0.05) is 25.2 Å². The molecule has 0 aliphatic carbocycles. The van der Waals surface area contributed by atoms with Gasteiger partial charge in [-0.05, 0) is 13.0 Å². The third-order valence-corrected chi connectivity index (χ3v) is 2.35. The molecular formula is C11H12FN3O2. The molecule has 0 aliphatic rings. The molecule has 0 saturated heterocycles. The number of benzene rings is 1. The molecule has 5 nitrogen and oxygen atoms in total. The Labute approximate surface area is 98.2 Å². The Hall–Kier alpha value is -2.16. The zero-order valence-corrected chi connectivity index (χ0v) is 9.39. The minimum Gasteiger partial charge on any atom is -0.365 e. The van der Waals surface area contributed by atoms with Gasteiger partial charge < -0.3 is 4.90 Å². The second-order valence-corrected chi connectivity index (χ2v) is 3.38. The summed E-state index contributed by atoms with van der Waals surface area (Å²) in [5.74, 6) is -0.527. The van der Waals surface area contributed by atoms with Crippen molar-refractivity contribution in [3.8, 4) is 6.07 Å².